The molecule has 2 fully saturated rings. The van der Waals surface area contributed by atoms with Crippen LogP contribution in [-0.4, -0.2) is 63.9 Å². The van der Waals surface area contributed by atoms with Crippen molar-refractivity contribution in [2.45, 2.75) is 37.2 Å². The van der Waals surface area contributed by atoms with Gasteiger partial charge in [0.15, 0.2) is 23.3 Å². The summed E-state index contributed by atoms with van der Waals surface area (Å²) < 4.78 is 33.1. The van der Waals surface area contributed by atoms with Crippen molar-refractivity contribution in [2.75, 3.05) is 26.9 Å². The third kappa shape index (κ3) is 3.64. The molecule has 6 rings (SSSR count). The molecule has 2 unspecified atom stereocenters. The summed E-state index contributed by atoms with van der Waals surface area (Å²) in [6, 6.07) is 6.84. The van der Waals surface area contributed by atoms with Crippen LogP contribution in [-0.2, 0) is 14.3 Å². The smallest absolute Gasteiger partial charge is 0.332 e. The third-order valence-electron chi connectivity index (χ3n) is 7.10. The van der Waals surface area contributed by atoms with E-state index >= 15 is 0 Å². The topological polar surface area (TPSA) is 111 Å². The minimum Gasteiger partial charge on any atom is -0.494 e. The maximum absolute atomic E-state index is 14.3. The van der Waals surface area contributed by atoms with Gasteiger partial charge in [-0.05, 0) is 37.5 Å². The zero-order chi connectivity index (χ0) is 24.1. The first-order valence-corrected chi connectivity index (χ1v) is 11.7. The highest BCUT2D eigenvalue weighted by Gasteiger charge is 2.38. The van der Waals surface area contributed by atoms with Gasteiger partial charge in [-0.1, -0.05) is 0 Å². The quantitative estimate of drug-likeness (QED) is 0.446. The van der Waals surface area contributed by atoms with E-state index in [2.05, 4.69) is 14.8 Å². The van der Waals surface area contributed by atoms with Crippen LogP contribution in [0.3, 0.4) is 0 Å². The van der Waals surface area contributed by atoms with Crippen molar-refractivity contribution in [1.29, 1.82) is 0 Å². The Bertz CT molecular complexity index is 1420. The van der Waals surface area contributed by atoms with Crippen LogP contribution in [0, 0.1) is 5.82 Å². The SMILES string of the molecule is COc1cc(-n2c(C3CCOCC3)c(C3COC(C(=O)O)C3)c3nc4[nH]ncc4cc32)ccc1F. The molecule has 2 aliphatic heterocycles. The largest absolute Gasteiger partial charge is 0.494 e. The number of benzene rings is 1. The minimum absolute atomic E-state index is 0.145. The number of H-pyrrole nitrogens is 1. The van der Waals surface area contributed by atoms with Gasteiger partial charge < -0.3 is 23.9 Å². The standard InChI is InChI=1S/C25H25FN4O5/c1-33-19-10-16(2-3-17(19)26)30-18-8-14-11-27-29-24(14)28-22(18)21(15-9-20(25(31)32)35-12-15)23(30)13-4-6-34-7-5-13/h2-3,8,10-11,13,15,20H,4-7,9,12H2,1H3,(H,31,32)(H,27,28,29). The van der Waals surface area contributed by atoms with Crippen LogP contribution in [0.15, 0.2) is 30.5 Å². The van der Waals surface area contributed by atoms with Gasteiger partial charge in [0.1, 0.15) is 0 Å². The second kappa shape index (κ2) is 8.62. The van der Waals surface area contributed by atoms with Gasteiger partial charge in [0.05, 0.1) is 30.9 Å². The van der Waals surface area contributed by atoms with Crippen LogP contribution in [0.1, 0.15) is 42.4 Å². The summed E-state index contributed by atoms with van der Waals surface area (Å²) in [7, 11) is 1.44. The van der Waals surface area contributed by atoms with Gasteiger partial charge in [0.2, 0.25) is 0 Å². The molecule has 2 aliphatic rings. The maximum atomic E-state index is 14.3. The van der Waals surface area contributed by atoms with E-state index in [9.17, 15) is 14.3 Å². The lowest BCUT2D eigenvalue weighted by molar-refractivity contribution is -0.147. The molecular weight excluding hydrogens is 455 g/mol. The lowest BCUT2D eigenvalue weighted by Crippen LogP contribution is -2.20. The van der Waals surface area contributed by atoms with Crippen molar-refractivity contribution >= 4 is 28.0 Å². The summed E-state index contributed by atoms with van der Waals surface area (Å²) in [6.45, 7) is 1.56. The Kier molecular flexibility index (Phi) is 5.42. The number of halogens is 1. The average molecular weight is 480 g/mol. The summed E-state index contributed by atoms with van der Waals surface area (Å²) in [5.41, 5.74) is 5.05. The number of aliphatic carboxylic acids is 1. The number of ether oxygens (including phenoxy) is 3. The Morgan fingerprint density at radius 2 is 2.09 bits per heavy atom. The fourth-order valence-electron chi connectivity index (χ4n) is 5.45. The van der Waals surface area contributed by atoms with E-state index in [0.717, 1.165) is 46.2 Å². The number of pyridine rings is 1. The van der Waals surface area contributed by atoms with E-state index in [-0.39, 0.29) is 17.6 Å². The highest BCUT2D eigenvalue weighted by atomic mass is 19.1. The van der Waals surface area contributed by atoms with Crippen molar-refractivity contribution < 1.29 is 28.5 Å². The number of fused-ring (bicyclic) bond motifs is 2. The van der Waals surface area contributed by atoms with Crippen molar-refractivity contribution in [3.63, 3.8) is 0 Å². The Labute approximate surface area is 199 Å². The van der Waals surface area contributed by atoms with Gasteiger partial charge >= 0.3 is 5.97 Å². The Balaban J connectivity index is 1.66. The first kappa shape index (κ1) is 22.0. The molecule has 1 aromatic carbocycles. The second-order valence-electron chi connectivity index (χ2n) is 9.10. The van der Waals surface area contributed by atoms with E-state index < -0.39 is 17.9 Å². The summed E-state index contributed by atoms with van der Waals surface area (Å²) >= 11 is 0. The monoisotopic (exact) mass is 480 g/mol. The zero-order valence-electron chi connectivity index (χ0n) is 19.2. The molecule has 0 radical (unpaired) electrons. The van der Waals surface area contributed by atoms with Crippen molar-refractivity contribution in [3.8, 4) is 11.4 Å². The number of methoxy groups -OCH3 is 1. The second-order valence-corrected chi connectivity index (χ2v) is 9.10. The number of nitrogens with one attached hydrogen (secondary N) is 1. The van der Waals surface area contributed by atoms with Gasteiger partial charge in [-0.15, -0.1) is 0 Å². The molecule has 182 valence electrons. The molecule has 0 aliphatic carbocycles. The van der Waals surface area contributed by atoms with E-state index in [0.29, 0.717) is 31.9 Å². The first-order chi connectivity index (χ1) is 17.0. The molecule has 2 saturated heterocycles. The summed E-state index contributed by atoms with van der Waals surface area (Å²) in [5, 5.41) is 17.5. The molecular formula is C25H25FN4O5. The van der Waals surface area contributed by atoms with Gasteiger partial charge in [-0.25, -0.2) is 14.2 Å². The number of carboxylic acid groups (broad SMARTS) is 1. The van der Waals surface area contributed by atoms with Gasteiger partial charge in [0, 0.05) is 53.4 Å². The number of carboxylic acids is 1. The predicted molar refractivity (Wildman–Crippen MR) is 125 cm³/mol. The molecule has 0 spiro atoms. The molecule has 0 amide bonds. The number of aromatic amines is 1. The summed E-state index contributed by atoms with van der Waals surface area (Å²) in [4.78, 5) is 16.6. The molecule has 35 heavy (non-hydrogen) atoms. The van der Waals surface area contributed by atoms with Crippen LogP contribution < -0.4 is 4.74 Å². The average Bonchev–Trinajstić information content (AvgIpc) is 3.60. The zero-order valence-corrected chi connectivity index (χ0v) is 19.2. The number of carbonyl (C=O) groups is 1. The minimum atomic E-state index is -0.962. The van der Waals surface area contributed by atoms with Crippen molar-refractivity contribution in [3.05, 3.63) is 47.5 Å². The van der Waals surface area contributed by atoms with Crippen LogP contribution in [0.5, 0.6) is 5.75 Å². The highest BCUT2D eigenvalue weighted by molar-refractivity contribution is 5.94. The lowest BCUT2D eigenvalue weighted by Gasteiger charge is -2.26. The van der Waals surface area contributed by atoms with Crippen LogP contribution in [0.2, 0.25) is 0 Å². The lowest BCUT2D eigenvalue weighted by atomic mass is 9.87. The molecule has 5 heterocycles. The number of aromatic nitrogens is 4. The molecule has 0 saturated carbocycles. The van der Waals surface area contributed by atoms with Crippen molar-refractivity contribution in [1.82, 2.24) is 19.7 Å². The number of rotatable bonds is 5. The van der Waals surface area contributed by atoms with Crippen LogP contribution in [0.4, 0.5) is 4.39 Å². The summed E-state index contributed by atoms with van der Waals surface area (Å²) in [6.07, 6.45) is 2.86. The first-order valence-electron chi connectivity index (χ1n) is 11.7. The van der Waals surface area contributed by atoms with E-state index in [1.54, 1.807) is 18.3 Å². The Morgan fingerprint density at radius 3 is 2.83 bits per heavy atom. The fourth-order valence-corrected chi connectivity index (χ4v) is 5.45. The van der Waals surface area contributed by atoms with E-state index in [1.807, 2.05) is 6.07 Å². The molecule has 9 nitrogen and oxygen atoms in total. The summed E-state index contributed by atoms with van der Waals surface area (Å²) in [5.74, 6) is -1.24. The molecule has 2 N–H and O–H groups in total. The van der Waals surface area contributed by atoms with Gasteiger partial charge in [-0.3, -0.25) is 5.10 Å². The Hall–Kier alpha value is -3.50. The molecule has 0 bridgehead atoms. The van der Waals surface area contributed by atoms with Crippen LogP contribution in [0.25, 0.3) is 27.8 Å². The van der Waals surface area contributed by atoms with Crippen molar-refractivity contribution in [2.24, 2.45) is 0 Å². The maximum Gasteiger partial charge on any atom is 0.332 e. The molecule has 4 aromatic rings. The van der Waals surface area contributed by atoms with E-state index in [1.165, 1.54) is 13.2 Å². The predicted octanol–water partition coefficient (Wildman–Crippen LogP) is 3.90. The van der Waals surface area contributed by atoms with Gasteiger partial charge in [-0.2, -0.15) is 5.10 Å². The van der Waals surface area contributed by atoms with Crippen LogP contribution >= 0.6 is 0 Å². The molecule has 3 aromatic heterocycles. The third-order valence-corrected chi connectivity index (χ3v) is 7.10. The normalized spacial score (nSPS) is 21.2. The highest BCUT2D eigenvalue weighted by Crippen LogP contribution is 2.45. The van der Waals surface area contributed by atoms with Gasteiger partial charge in [0.25, 0.3) is 0 Å². The fraction of sp³-hybridized carbons (Fsp3) is 0.400. The number of hydrogen-bond donors (Lipinski definition) is 2. The molecule has 2 atom stereocenters. The number of hydrogen-bond acceptors (Lipinski definition) is 6. The Morgan fingerprint density at radius 1 is 1.26 bits per heavy atom. The number of nitrogens with zero attached hydrogens (tertiary/aromatic N) is 3. The van der Waals surface area contributed by atoms with E-state index in [4.69, 9.17) is 19.2 Å². The molecule has 10 heteroatoms.